The molecule has 0 saturated carbocycles. The van der Waals surface area contributed by atoms with Gasteiger partial charge in [-0.1, -0.05) is 25.6 Å². The van der Waals surface area contributed by atoms with Gasteiger partial charge in [0.15, 0.2) is 5.17 Å². The van der Waals surface area contributed by atoms with E-state index in [1.807, 2.05) is 36.3 Å². The van der Waals surface area contributed by atoms with Gasteiger partial charge < -0.3 is 5.32 Å². The van der Waals surface area contributed by atoms with Crippen LogP contribution in [0.25, 0.3) is 0 Å². The molecule has 18 heavy (non-hydrogen) atoms. The summed E-state index contributed by atoms with van der Waals surface area (Å²) < 4.78 is 0. The fraction of sp³-hybridized carbons (Fsp3) is 0.571. The SMILES string of the molecule is CCC1(CC)CN=C(NCc2ccncc2)SC1. The Bertz CT molecular complexity index is 399. The lowest BCUT2D eigenvalue weighted by atomic mass is 9.84. The standard InChI is InChI=1S/C14H21N3S/c1-3-14(4-2)10-17-13(18-11-14)16-9-12-5-7-15-8-6-12/h5-8H,3-4,9-11H2,1-2H3,(H,16,17). The van der Waals surface area contributed by atoms with Crippen LogP contribution in [0.5, 0.6) is 0 Å². The molecule has 0 radical (unpaired) electrons. The lowest BCUT2D eigenvalue weighted by Crippen LogP contribution is -2.34. The Morgan fingerprint density at radius 3 is 2.56 bits per heavy atom. The van der Waals surface area contributed by atoms with Crippen molar-refractivity contribution >= 4 is 16.9 Å². The van der Waals surface area contributed by atoms with E-state index < -0.39 is 0 Å². The summed E-state index contributed by atoms with van der Waals surface area (Å²) in [5, 5.41) is 4.50. The van der Waals surface area contributed by atoms with Gasteiger partial charge in [-0.15, -0.1) is 0 Å². The maximum absolute atomic E-state index is 4.69. The van der Waals surface area contributed by atoms with Crippen LogP contribution in [0.4, 0.5) is 0 Å². The van der Waals surface area contributed by atoms with Crippen molar-refractivity contribution in [2.75, 3.05) is 12.3 Å². The molecular weight excluding hydrogens is 242 g/mol. The lowest BCUT2D eigenvalue weighted by Gasteiger charge is -2.33. The molecule has 0 aromatic carbocycles. The van der Waals surface area contributed by atoms with Crippen LogP contribution in [-0.4, -0.2) is 22.4 Å². The molecule has 0 saturated heterocycles. The minimum absolute atomic E-state index is 0.423. The number of rotatable bonds is 4. The van der Waals surface area contributed by atoms with Crippen molar-refractivity contribution in [1.82, 2.24) is 10.3 Å². The minimum atomic E-state index is 0.423. The van der Waals surface area contributed by atoms with Crippen molar-refractivity contribution in [3.8, 4) is 0 Å². The van der Waals surface area contributed by atoms with E-state index in [1.165, 1.54) is 24.2 Å². The average molecular weight is 263 g/mol. The van der Waals surface area contributed by atoms with Crippen LogP contribution in [0, 0.1) is 5.41 Å². The molecule has 0 bridgehead atoms. The third-order valence-corrected chi connectivity index (χ3v) is 5.07. The maximum atomic E-state index is 4.69. The maximum Gasteiger partial charge on any atom is 0.156 e. The van der Waals surface area contributed by atoms with Gasteiger partial charge in [0.05, 0.1) is 0 Å². The number of nitrogens with one attached hydrogen (secondary N) is 1. The molecule has 0 unspecified atom stereocenters. The summed E-state index contributed by atoms with van der Waals surface area (Å²) in [6.45, 7) is 6.34. The van der Waals surface area contributed by atoms with E-state index in [9.17, 15) is 0 Å². The molecular formula is C14H21N3S. The molecule has 3 nitrogen and oxygen atoms in total. The smallest absolute Gasteiger partial charge is 0.156 e. The summed E-state index contributed by atoms with van der Waals surface area (Å²) in [7, 11) is 0. The summed E-state index contributed by atoms with van der Waals surface area (Å²) >= 11 is 1.86. The molecule has 1 aromatic heterocycles. The number of aromatic nitrogens is 1. The predicted molar refractivity (Wildman–Crippen MR) is 78.9 cm³/mol. The number of hydrogen-bond donors (Lipinski definition) is 1. The van der Waals surface area contributed by atoms with Crippen molar-refractivity contribution in [3.63, 3.8) is 0 Å². The number of nitrogens with zero attached hydrogens (tertiary/aromatic N) is 2. The van der Waals surface area contributed by atoms with Gasteiger partial charge >= 0.3 is 0 Å². The zero-order valence-corrected chi connectivity index (χ0v) is 12.0. The van der Waals surface area contributed by atoms with Gasteiger partial charge in [0, 0.05) is 31.2 Å². The van der Waals surface area contributed by atoms with Gasteiger partial charge in [0.25, 0.3) is 0 Å². The number of thioether (sulfide) groups is 1. The average Bonchev–Trinajstić information content (AvgIpc) is 2.47. The van der Waals surface area contributed by atoms with Gasteiger partial charge in [0.2, 0.25) is 0 Å². The zero-order valence-electron chi connectivity index (χ0n) is 11.1. The molecule has 0 amide bonds. The molecule has 1 aliphatic rings. The van der Waals surface area contributed by atoms with E-state index in [1.54, 1.807) is 0 Å². The fourth-order valence-electron chi connectivity index (χ4n) is 2.02. The second kappa shape index (κ2) is 6.23. The van der Waals surface area contributed by atoms with E-state index in [0.717, 1.165) is 18.3 Å². The Morgan fingerprint density at radius 2 is 2.00 bits per heavy atom. The van der Waals surface area contributed by atoms with Crippen molar-refractivity contribution in [2.24, 2.45) is 10.4 Å². The number of hydrogen-bond acceptors (Lipinski definition) is 4. The molecule has 0 fully saturated rings. The highest BCUT2D eigenvalue weighted by atomic mass is 32.2. The van der Waals surface area contributed by atoms with Crippen LogP contribution in [-0.2, 0) is 6.54 Å². The van der Waals surface area contributed by atoms with Crippen molar-refractivity contribution in [2.45, 2.75) is 33.2 Å². The summed E-state index contributed by atoms with van der Waals surface area (Å²) in [5.74, 6) is 1.18. The molecule has 4 heteroatoms. The number of amidine groups is 1. The Morgan fingerprint density at radius 1 is 1.28 bits per heavy atom. The molecule has 0 atom stereocenters. The van der Waals surface area contributed by atoms with E-state index in [4.69, 9.17) is 4.99 Å². The number of aliphatic imine (C=N–C) groups is 1. The highest BCUT2D eigenvalue weighted by Gasteiger charge is 2.29. The first kappa shape index (κ1) is 13.4. The normalized spacial score (nSPS) is 18.2. The zero-order chi connectivity index (χ0) is 12.8. The number of pyridine rings is 1. The highest BCUT2D eigenvalue weighted by Crippen LogP contribution is 2.34. The molecule has 0 spiro atoms. The second-order valence-electron chi connectivity index (χ2n) is 4.83. The topological polar surface area (TPSA) is 37.3 Å². The molecule has 0 aliphatic carbocycles. The quantitative estimate of drug-likeness (QED) is 0.907. The Balaban J connectivity index is 1.87. The van der Waals surface area contributed by atoms with Crippen LogP contribution in [0.15, 0.2) is 29.5 Å². The largest absolute Gasteiger partial charge is 0.361 e. The van der Waals surface area contributed by atoms with Gasteiger partial charge in [-0.05, 0) is 36.0 Å². The molecule has 1 aliphatic heterocycles. The summed E-state index contributed by atoms with van der Waals surface area (Å²) in [5.41, 5.74) is 1.67. The second-order valence-corrected chi connectivity index (χ2v) is 5.79. The van der Waals surface area contributed by atoms with Gasteiger partial charge in [-0.3, -0.25) is 9.98 Å². The monoisotopic (exact) mass is 263 g/mol. The van der Waals surface area contributed by atoms with Crippen LogP contribution < -0.4 is 5.32 Å². The summed E-state index contributed by atoms with van der Waals surface area (Å²) in [4.78, 5) is 8.71. The van der Waals surface area contributed by atoms with E-state index >= 15 is 0 Å². The van der Waals surface area contributed by atoms with Crippen molar-refractivity contribution < 1.29 is 0 Å². The third-order valence-electron chi connectivity index (χ3n) is 3.77. The first-order valence-electron chi connectivity index (χ1n) is 6.58. The first-order valence-corrected chi connectivity index (χ1v) is 7.56. The van der Waals surface area contributed by atoms with Gasteiger partial charge in [0.1, 0.15) is 0 Å². The van der Waals surface area contributed by atoms with Crippen LogP contribution >= 0.6 is 11.8 Å². The molecule has 2 heterocycles. The van der Waals surface area contributed by atoms with E-state index in [2.05, 4.69) is 24.1 Å². The molecule has 98 valence electrons. The van der Waals surface area contributed by atoms with Crippen LogP contribution in [0.2, 0.25) is 0 Å². The van der Waals surface area contributed by atoms with Crippen molar-refractivity contribution in [3.05, 3.63) is 30.1 Å². The molecule has 1 N–H and O–H groups in total. The van der Waals surface area contributed by atoms with Gasteiger partial charge in [-0.2, -0.15) is 0 Å². The van der Waals surface area contributed by atoms with Crippen molar-refractivity contribution in [1.29, 1.82) is 0 Å². The fourth-order valence-corrected chi connectivity index (χ4v) is 3.29. The van der Waals surface area contributed by atoms with Gasteiger partial charge in [-0.25, -0.2) is 0 Å². The Hall–Kier alpha value is -1.03. The lowest BCUT2D eigenvalue weighted by molar-refractivity contribution is 0.318. The van der Waals surface area contributed by atoms with Crippen LogP contribution in [0.3, 0.4) is 0 Å². The Kier molecular flexibility index (Phi) is 4.64. The van der Waals surface area contributed by atoms with E-state index in [-0.39, 0.29) is 0 Å². The highest BCUT2D eigenvalue weighted by molar-refractivity contribution is 8.13. The molecule has 1 aromatic rings. The third kappa shape index (κ3) is 3.25. The van der Waals surface area contributed by atoms with E-state index in [0.29, 0.717) is 5.41 Å². The first-order chi connectivity index (χ1) is 8.78. The van der Waals surface area contributed by atoms with Crippen LogP contribution in [0.1, 0.15) is 32.3 Å². The minimum Gasteiger partial charge on any atom is -0.361 e. The Labute approximate surface area is 113 Å². The predicted octanol–water partition coefficient (Wildman–Crippen LogP) is 3.08. The summed E-state index contributed by atoms with van der Waals surface area (Å²) in [6, 6.07) is 4.06. The molecule has 2 rings (SSSR count). The summed E-state index contributed by atoms with van der Waals surface area (Å²) in [6.07, 6.45) is 6.09.